The summed E-state index contributed by atoms with van der Waals surface area (Å²) in [6.07, 6.45) is 9.79. The fourth-order valence-electron chi connectivity index (χ4n) is 2.26. The van der Waals surface area contributed by atoms with Gasteiger partial charge >= 0.3 is 0 Å². The molecular weight excluding hydrogens is 236 g/mol. The molecule has 0 rings (SSSR count). The number of allylic oxidation sites excluding steroid dienone is 1. The van der Waals surface area contributed by atoms with Gasteiger partial charge in [0.25, 0.3) is 0 Å². The molecular formula is C16H34OSi. The van der Waals surface area contributed by atoms with Crippen LogP contribution in [-0.4, -0.2) is 8.32 Å². The standard InChI is InChI=1S/C16H34OSi/c1-6-11-13-16(14-12-7-2)15-17-18(8-3,9-4)10-5/h15H,6-14H2,1-5H3. The third-order valence-electron chi connectivity index (χ3n) is 4.11. The smallest absolute Gasteiger partial charge is 0.249 e. The van der Waals surface area contributed by atoms with Gasteiger partial charge in [-0.3, -0.25) is 0 Å². The first-order valence-electron chi connectivity index (χ1n) is 8.03. The summed E-state index contributed by atoms with van der Waals surface area (Å²) in [6.45, 7) is 11.4. The summed E-state index contributed by atoms with van der Waals surface area (Å²) >= 11 is 0. The zero-order chi connectivity index (χ0) is 13.9. The Labute approximate surface area is 116 Å². The Bertz CT molecular complexity index is 201. The number of hydrogen-bond donors (Lipinski definition) is 0. The van der Waals surface area contributed by atoms with E-state index in [-0.39, 0.29) is 0 Å². The molecule has 1 nitrogen and oxygen atoms in total. The number of hydrogen-bond acceptors (Lipinski definition) is 1. The Morgan fingerprint density at radius 2 is 1.28 bits per heavy atom. The van der Waals surface area contributed by atoms with E-state index in [1.165, 1.54) is 56.7 Å². The molecule has 0 N–H and O–H groups in total. The third-order valence-corrected chi connectivity index (χ3v) is 8.60. The molecule has 0 aliphatic heterocycles. The second kappa shape index (κ2) is 10.7. The third kappa shape index (κ3) is 6.63. The van der Waals surface area contributed by atoms with Gasteiger partial charge in [-0.2, -0.15) is 0 Å². The van der Waals surface area contributed by atoms with Crippen LogP contribution in [0.2, 0.25) is 18.1 Å². The van der Waals surface area contributed by atoms with Gasteiger partial charge in [-0.05, 0) is 49.4 Å². The average molecular weight is 271 g/mol. The highest BCUT2D eigenvalue weighted by molar-refractivity contribution is 6.73. The van der Waals surface area contributed by atoms with Crippen LogP contribution in [0.3, 0.4) is 0 Å². The molecule has 108 valence electrons. The minimum atomic E-state index is -1.43. The number of rotatable bonds is 11. The molecule has 0 aliphatic carbocycles. The van der Waals surface area contributed by atoms with Crippen LogP contribution in [0.1, 0.15) is 73.1 Å². The monoisotopic (exact) mass is 270 g/mol. The maximum atomic E-state index is 6.31. The molecule has 0 aromatic heterocycles. The first kappa shape index (κ1) is 17.8. The Hall–Kier alpha value is -0.243. The van der Waals surface area contributed by atoms with Crippen LogP contribution in [0.4, 0.5) is 0 Å². The van der Waals surface area contributed by atoms with Crippen LogP contribution < -0.4 is 0 Å². The van der Waals surface area contributed by atoms with Gasteiger partial charge in [0.05, 0.1) is 6.26 Å². The molecule has 0 atom stereocenters. The molecule has 0 amide bonds. The van der Waals surface area contributed by atoms with Crippen LogP contribution in [-0.2, 0) is 4.43 Å². The highest BCUT2D eigenvalue weighted by Gasteiger charge is 2.29. The molecule has 0 radical (unpaired) electrons. The molecule has 0 aliphatic rings. The van der Waals surface area contributed by atoms with Gasteiger partial charge in [-0.25, -0.2) is 0 Å². The summed E-state index contributed by atoms with van der Waals surface area (Å²) in [5, 5.41) is 0. The van der Waals surface area contributed by atoms with Gasteiger partial charge in [0.1, 0.15) is 0 Å². The Morgan fingerprint density at radius 1 is 0.833 bits per heavy atom. The van der Waals surface area contributed by atoms with E-state index in [0.717, 1.165) is 0 Å². The van der Waals surface area contributed by atoms with Gasteiger partial charge in [-0.1, -0.05) is 47.5 Å². The topological polar surface area (TPSA) is 9.23 Å². The van der Waals surface area contributed by atoms with Crippen molar-refractivity contribution in [3.8, 4) is 0 Å². The molecule has 0 bridgehead atoms. The lowest BCUT2D eigenvalue weighted by molar-refractivity contribution is 0.445. The molecule has 18 heavy (non-hydrogen) atoms. The summed E-state index contributed by atoms with van der Waals surface area (Å²) in [7, 11) is -1.43. The van der Waals surface area contributed by atoms with E-state index in [4.69, 9.17) is 4.43 Å². The minimum absolute atomic E-state index is 1.23. The summed E-state index contributed by atoms with van der Waals surface area (Å²) in [5.41, 5.74) is 1.55. The van der Waals surface area contributed by atoms with Crippen molar-refractivity contribution in [2.24, 2.45) is 0 Å². The van der Waals surface area contributed by atoms with Crippen molar-refractivity contribution in [3.05, 3.63) is 11.8 Å². The van der Waals surface area contributed by atoms with Crippen molar-refractivity contribution in [1.29, 1.82) is 0 Å². The van der Waals surface area contributed by atoms with E-state index in [1.54, 1.807) is 5.57 Å². The Morgan fingerprint density at radius 3 is 1.61 bits per heavy atom. The molecule has 0 saturated heterocycles. The average Bonchev–Trinajstić information content (AvgIpc) is 2.42. The van der Waals surface area contributed by atoms with Gasteiger partial charge in [-0.15, -0.1) is 0 Å². The van der Waals surface area contributed by atoms with Crippen LogP contribution in [0, 0.1) is 0 Å². The zero-order valence-corrected chi connectivity index (χ0v) is 14.3. The van der Waals surface area contributed by atoms with Crippen molar-refractivity contribution in [3.63, 3.8) is 0 Å². The van der Waals surface area contributed by atoms with Crippen LogP contribution >= 0.6 is 0 Å². The fraction of sp³-hybridized carbons (Fsp3) is 0.875. The largest absolute Gasteiger partial charge is 0.549 e. The normalized spacial score (nSPS) is 11.4. The van der Waals surface area contributed by atoms with Crippen molar-refractivity contribution >= 4 is 8.32 Å². The van der Waals surface area contributed by atoms with E-state index < -0.39 is 8.32 Å². The highest BCUT2D eigenvalue weighted by Crippen LogP contribution is 2.24. The van der Waals surface area contributed by atoms with Crippen LogP contribution in [0.25, 0.3) is 0 Å². The molecule has 0 saturated carbocycles. The van der Waals surface area contributed by atoms with Gasteiger partial charge in [0.2, 0.25) is 8.32 Å². The number of unbranched alkanes of at least 4 members (excludes halogenated alkanes) is 2. The first-order chi connectivity index (χ1) is 8.67. The van der Waals surface area contributed by atoms with E-state index in [0.29, 0.717) is 0 Å². The summed E-state index contributed by atoms with van der Waals surface area (Å²) in [6, 6.07) is 3.72. The zero-order valence-electron chi connectivity index (χ0n) is 13.3. The molecule has 0 heterocycles. The van der Waals surface area contributed by atoms with Crippen molar-refractivity contribution < 1.29 is 4.43 Å². The van der Waals surface area contributed by atoms with Crippen molar-refractivity contribution in [2.45, 2.75) is 91.3 Å². The second-order valence-corrected chi connectivity index (χ2v) is 10.1. The maximum Gasteiger partial charge on any atom is 0.249 e. The Balaban J connectivity index is 4.50. The predicted molar refractivity (Wildman–Crippen MR) is 85.4 cm³/mol. The predicted octanol–water partition coefficient (Wildman–Crippen LogP) is 6.27. The lowest BCUT2D eigenvalue weighted by Crippen LogP contribution is -2.33. The molecule has 0 unspecified atom stereocenters. The van der Waals surface area contributed by atoms with Gasteiger partial charge in [0, 0.05) is 0 Å². The van der Waals surface area contributed by atoms with Gasteiger partial charge in [0.15, 0.2) is 0 Å². The minimum Gasteiger partial charge on any atom is -0.549 e. The maximum absolute atomic E-state index is 6.31. The SMILES string of the molecule is CCCCC(=CO[Si](CC)(CC)CC)CCCC. The summed E-state index contributed by atoms with van der Waals surface area (Å²) in [4.78, 5) is 0. The lowest BCUT2D eigenvalue weighted by Gasteiger charge is -2.27. The summed E-state index contributed by atoms with van der Waals surface area (Å²) < 4.78 is 6.31. The quantitative estimate of drug-likeness (QED) is 0.317. The lowest BCUT2D eigenvalue weighted by atomic mass is 10.0. The van der Waals surface area contributed by atoms with Crippen molar-refractivity contribution in [2.75, 3.05) is 0 Å². The highest BCUT2D eigenvalue weighted by atomic mass is 28.4. The first-order valence-corrected chi connectivity index (χ1v) is 10.6. The van der Waals surface area contributed by atoms with E-state index in [2.05, 4.69) is 40.9 Å². The Kier molecular flexibility index (Phi) is 10.5. The van der Waals surface area contributed by atoms with E-state index in [1.807, 2.05) is 0 Å². The molecule has 0 aromatic carbocycles. The van der Waals surface area contributed by atoms with Crippen LogP contribution in [0.5, 0.6) is 0 Å². The van der Waals surface area contributed by atoms with Crippen LogP contribution in [0.15, 0.2) is 11.8 Å². The fourth-order valence-corrected chi connectivity index (χ4v) is 4.68. The second-order valence-electron chi connectivity index (χ2n) is 5.34. The summed E-state index contributed by atoms with van der Waals surface area (Å²) in [5.74, 6) is 0. The van der Waals surface area contributed by atoms with Crippen molar-refractivity contribution in [1.82, 2.24) is 0 Å². The molecule has 2 heteroatoms. The molecule has 0 fully saturated rings. The molecule has 0 spiro atoms. The van der Waals surface area contributed by atoms with E-state index in [9.17, 15) is 0 Å². The van der Waals surface area contributed by atoms with Gasteiger partial charge < -0.3 is 4.43 Å². The van der Waals surface area contributed by atoms with E-state index >= 15 is 0 Å². The molecule has 0 aromatic rings.